The lowest BCUT2D eigenvalue weighted by Crippen LogP contribution is -2.03. The van der Waals surface area contributed by atoms with E-state index in [1.54, 1.807) is 36.4 Å². The molecule has 1 aromatic heterocycles. The predicted molar refractivity (Wildman–Crippen MR) is 106 cm³/mol. The molecule has 0 saturated heterocycles. The van der Waals surface area contributed by atoms with E-state index in [4.69, 9.17) is 32.7 Å². The van der Waals surface area contributed by atoms with Crippen LogP contribution in [0.5, 0.6) is 11.5 Å². The van der Waals surface area contributed by atoms with Crippen LogP contribution in [0.4, 0.5) is 17.1 Å². The van der Waals surface area contributed by atoms with E-state index < -0.39 is 4.92 Å². The van der Waals surface area contributed by atoms with Crippen LogP contribution in [0.25, 0.3) is 10.9 Å². The molecule has 3 aromatic rings. The van der Waals surface area contributed by atoms with Gasteiger partial charge in [-0.2, -0.15) is 0 Å². The van der Waals surface area contributed by atoms with Crippen molar-refractivity contribution in [1.82, 2.24) is 4.98 Å². The fourth-order valence-electron chi connectivity index (χ4n) is 2.58. The minimum Gasteiger partial charge on any atom is -0.493 e. The van der Waals surface area contributed by atoms with Crippen molar-refractivity contribution >= 4 is 51.2 Å². The Labute approximate surface area is 165 Å². The Morgan fingerprint density at radius 3 is 2.70 bits per heavy atom. The number of nitro groups is 1. The first kappa shape index (κ1) is 19.0. The number of para-hydroxylation sites is 1. The maximum Gasteiger partial charge on any atom is 0.311 e. The molecule has 1 N–H and O–H groups in total. The van der Waals surface area contributed by atoms with Gasteiger partial charge < -0.3 is 14.8 Å². The molecule has 140 valence electrons. The van der Waals surface area contributed by atoms with Crippen molar-refractivity contribution in [2.45, 2.75) is 0 Å². The number of anilines is 2. The second-order valence-corrected chi connectivity index (χ2v) is 6.22. The summed E-state index contributed by atoms with van der Waals surface area (Å²) >= 11 is 11.9. The molecule has 0 bridgehead atoms. The molecule has 7 nitrogen and oxygen atoms in total. The average molecular weight is 408 g/mol. The molecular weight excluding hydrogens is 393 g/mol. The molecule has 0 amide bonds. The van der Waals surface area contributed by atoms with Crippen LogP contribution in [0.15, 0.2) is 42.6 Å². The molecule has 27 heavy (non-hydrogen) atoms. The third kappa shape index (κ3) is 3.99. The van der Waals surface area contributed by atoms with Gasteiger partial charge in [0.15, 0.2) is 11.5 Å². The molecule has 0 spiro atoms. The topological polar surface area (TPSA) is 86.5 Å². The Bertz CT molecular complexity index is 998. The summed E-state index contributed by atoms with van der Waals surface area (Å²) < 4.78 is 10.9. The van der Waals surface area contributed by atoms with Crippen LogP contribution in [-0.4, -0.2) is 29.5 Å². The summed E-state index contributed by atoms with van der Waals surface area (Å²) in [4.78, 5) is 15.2. The maximum atomic E-state index is 11.5. The number of rotatable bonds is 7. The molecule has 0 atom stereocenters. The van der Waals surface area contributed by atoms with Crippen LogP contribution in [0.2, 0.25) is 5.02 Å². The van der Waals surface area contributed by atoms with Crippen molar-refractivity contribution in [2.24, 2.45) is 0 Å². The first-order chi connectivity index (χ1) is 13.0. The van der Waals surface area contributed by atoms with Crippen LogP contribution in [0.1, 0.15) is 0 Å². The molecule has 0 unspecified atom stereocenters. The fraction of sp³-hybridized carbons (Fsp3) is 0.167. The maximum absolute atomic E-state index is 11.5. The van der Waals surface area contributed by atoms with E-state index in [2.05, 4.69) is 10.3 Å². The number of ether oxygens (including phenoxy) is 2. The van der Waals surface area contributed by atoms with Crippen LogP contribution >= 0.6 is 23.2 Å². The van der Waals surface area contributed by atoms with Gasteiger partial charge in [0.05, 0.1) is 34.1 Å². The minimum absolute atomic E-state index is 0.182. The van der Waals surface area contributed by atoms with Crippen molar-refractivity contribution in [2.75, 3.05) is 24.9 Å². The Morgan fingerprint density at radius 1 is 1.26 bits per heavy atom. The molecule has 2 aromatic carbocycles. The summed E-state index contributed by atoms with van der Waals surface area (Å²) in [7, 11) is 1.49. The number of pyridine rings is 1. The molecule has 0 aliphatic heterocycles. The highest BCUT2D eigenvalue weighted by atomic mass is 35.5. The second-order valence-electron chi connectivity index (χ2n) is 5.44. The quantitative estimate of drug-likeness (QED) is 0.330. The van der Waals surface area contributed by atoms with Crippen LogP contribution in [0.3, 0.4) is 0 Å². The number of alkyl halides is 1. The van der Waals surface area contributed by atoms with Gasteiger partial charge in [0.2, 0.25) is 0 Å². The lowest BCUT2D eigenvalue weighted by Gasteiger charge is -2.14. The zero-order valence-corrected chi connectivity index (χ0v) is 15.8. The van der Waals surface area contributed by atoms with E-state index in [1.165, 1.54) is 13.3 Å². The summed E-state index contributed by atoms with van der Waals surface area (Å²) in [6, 6.07) is 10.3. The van der Waals surface area contributed by atoms with Gasteiger partial charge in [0.1, 0.15) is 18.5 Å². The van der Waals surface area contributed by atoms with Crippen molar-refractivity contribution in [1.29, 1.82) is 0 Å². The molecular formula is C18H15Cl2N3O4. The first-order valence-corrected chi connectivity index (χ1v) is 8.82. The third-order valence-electron chi connectivity index (χ3n) is 3.80. The van der Waals surface area contributed by atoms with Gasteiger partial charge in [0, 0.05) is 11.5 Å². The molecule has 0 radical (unpaired) electrons. The standard InChI is InChI=1S/C18H15Cl2N3O4/c1-26-16-8-11-14(9-17(16)27-7-6-19)21-10-15(23(24)25)18(11)22-13-5-3-2-4-12(13)20/h2-5,8-10H,6-7H2,1H3,(H,21,22). The van der Waals surface area contributed by atoms with Gasteiger partial charge in [-0.15, -0.1) is 11.6 Å². The summed E-state index contributed by atoms with van der Waals surface area (Å²) in [5, 5.41) is 15.5. The van der Waals surface area contributed by atoms with Gasteiger partial charge in [-0.05, 0) is 18.2 Å². The first-order valence-electron chi connectivity index (χ1n) is 7.90. The Morgan fingerprint density at radius 2 is 2.04 bits per heavy atom. The molecule has 9 heteroatoms. The summed E-state index contributed by atoms with van der Waals surface area (Å²) in [5.41, 5.74) is 1.12. The van der Waals surface area contributed by atoms with Crippen LogP contribution in [-0.2, 0) is 0 Å². The van der Waals surface area contributed by atoms with Crippen LogP contribution < -0.4 is 14.8 Å². The zero-order chi connectivity index (χ0) is 19.4. The van der Waals surface area contributed by atoms with Gasteiger partial charge in [-0.1, -0.05) is 23.7 Å². The number of aromatic nitrogens is 1. The number of hydrogen-bond donors (Lipinski definition) is 1. The Hall–Kier alpha value is -2.77. The zero-order valence-electron chi connectivity index (χ0n) is 14.2. The Balaban J connectivity index is 2.20. The molecule has 0 saturated carbocycles. The molecule has 0 aliphatic carbocycles. The average Bonchev–Trinajstić information content (AvgIpc) is 2.67. The SMILES string of the molecule is COc1cc2c(Nc3ccccc3Cl)c([N+](=O)[O-])cnc2cc1OCCCl. The molecule has 1 heterocycles. The minimum atomic E-state index is -0.504. The van der Waals surface area contributed by atoms with E-state index in [0.29, 0.717) is 45.6 Å². The third-order valence-corrected chi connectivity index (χ3v) is 4.28. The molecule has 0 fully saturated rings. The smallest absolute Gasteiger partial charge is 0.311 e. The number of nitrogens with zero attached hydrogens (tertiary/aromatic N) is 2. The lowest BCUT2D eigenvalue weighted by molar-refractivity contribution is -0.384. The summed E-state index contributed by atoms with van der Waals surface area (Å²) in [6.45, 7) is 0.293. The van der Waals surface area contributed by atoms with Crippen molar-refractivity contribution in [3.05, 3.63) is 57.7 Å². The van der Waals surface area contributed by atoms with Crippen molar-refractivity contribution < 1.29 is 14.4 Å². The number of benzene rings is 2. The fourth-order valence-corrected chi connectivity index (χ4v) is 2.84. The summed E-state index contributed by atoms with van der Waals surface area (Å²) in [5.74, 6) is 1.18. The predicted octanol–water partition coefficient (Wildman–Crippen LogP) is 5.17. The highest BCUT2D eigenvalue weighted by Crippen LogP contribution is 2.40. The summed E-state index contributed by atoms with van der Waals surface area (Å²) in [6.07, 6.45) is 1.19. The lowest BCUT2D eigenvalue weighted by atomic mass is 10.1. The van der Waals surface area contributed by atoms with Crippen molar-refractivity contribution in [3.8, 4) is 11.5 Å². The van der Waals surface area contributed by atoms with E-state index in [1.807, 2.05) is 0 Å². The highest BCUT2D eigenvalue weighted by Gasteiger charge is 2.21. The number of nitrogens with one attached hydrogen (secondary N) is 1. The largest absolute Gasteiger partial charge is 0.493 e. The highest BCUT2D eigenvalue weighted by molar-refractivity contribution is 6.33. The normalized spacial score (nSPS) is 10.6. The van der Waals surface area contributed by atoms with E-state index in [0.717, 1.165) is 0 Å². The number of halogens is 2. The number of methoxy groups -OCH3 is 1. The molecule has 0 aliphatic rings. The van der Waals surface area contributed by atoms with Crippen molar-refractivity contribution in [3.63, 3.8) is 0 Å². The molecule has 3 rings (SSSR count). The van der Waals surface area contributed by atoms with Gasteiger partial charge in [0.25, 0.3) is 0 Å². The van der Waals surface area contributed by atoms with E-state index in [-0.39, 0.29) is 11.4 Å². The van der Waals surface area contributed by atoms with E-state index in [9.17, 15) is 10.1 Å². The van der Waals surface area contributed by atoms with Gasteiger partial charge in [-0.25, -0.2) is 4.98 Å². The monoisotopic (exact) mass is 407 g/mol. The van der Waals surface area contributed by atoms with Gasteiger partial charge >= 0.3 is 5.69 Å². The van der Waals surface area contributed by atoms with E-state index >= 15 is 0 Å². The number of fused-ring (bicyclic) bond motifs is 1. The number of hydrogen-bond acceptors (Lipinski definition) is 6. The van der Waals surface area contributed by atoms with Gasteiger partial charge in [-0.3, -0.25) is 10.1 Å². The second kappa shape index (κ2) is 8.28. The Kier molecular flexibility index (Phi) is 5.83. The van der Waals surface area contributed by atoms with Crippen LogP contribution in [0, 0.1) is 10.1 Å².